The molecule has 0 saturated heterocycles. The van der Waals surface area contributed by atoms with Gasteiger partial charge in [-0.3, -0.25) is 9.48 Å². The summed E-state index contributed by atoms with van der Waals surface area (Å²) < 4.78 is 7.47. The van der Waals surface area contributed by atoms with E-state index in [1.165, 1.54) is 0 Å². The monoisotopic (exact) mass is 403 g/mol. The van der Waals surface area contributed by atoms with Crippen LogP contribution in [0.15, 0.2) is 60.9 Å². The molecule has 1 heterocycles. The molecule has 5 nitrogen and oxygen atoms in total. The summed E-state index contributed by atoms with van der Waals surface area (Å²) >= 11 is 11.9. The van der Waals surface area contributed by atoms with Crippen LogP contribution < -0.4 is 10.1 Å². The smallest absolute Gasteiger partial charge is 0.261 e. The summed E-state index contributed by atoms with van der Waals surface area (Å²) in [7, 11) is 0. The van der Waals surface area contributed by atoms with E-state index in [1.54, 1.807) is 31.3 Å². The molecule has 0 fully saturated rings. The van der Waals surface area contributed by atoms with Gasteiger partial charge in [0.15, 0.2) is 6.10 Å². The molecule has 0 bridgehead atoms. The maximum Gasteiger partial charge on any atom is 0.261 e. The largest absolute Gasteiger partial charge is 0.479 e. The molecule has 140 valence electrons. The number of hydrogen-bond acceptors (Lipinski definition) is 3. The van der Waals surface area contributed by atoms with Crippen molar-refractivity contribution in [2.45, 2.75) is 26.1 Å². The Hall–Kier alpha value is -2.50. The van der Waals surface area contributed by atoms with E-state index in [9.17, 15) is 4.79 Å². The second-order valence-corrected chi connectivity index (χ2v) is 6.92. The Morgan fingerprint density at radius 1 is 1.19 bits per heavy atom. The molecule has 0 aliphatic carbocycles. The summed E-state index contributed by atoms with van der Waals surface area (Å²) in [5, 5.41) is 7.94. The van der Waals surface area contributed by atoms with E-state index in [1.807, 2.05) is 41.2 Å². The van der Waals surface area contributed by atoms with Gasteiger partial charge in [0, 0.05) is 24.0 Å². The van der Waals surface area contributed by atoms with Crippen LogP contribution in [0, 0.1) is 0 Å². The number of carbonyl (C=O) groups excluding carboxylic acids is 1. The highest BCUT2D eigenvalue weighted by molar-refractivity contribution is 6.35. The normalized spacial score (nSPS) is 11.8. The van der Waals surface area contributed by atoms with Crippen LogP contribution in [-0.4, -0.2) is 21.8 Å². The lowest BCUT2D eigenvalue weighted by molar-refractivity contribution is -0.127. The topological polar surface area (TPSA) is 56.1 Å². The summed E-state index contributed by atoms with van der Waals surface area (Å²) in [6.45, 7) is 2.81. The van der Waals surface area contributed by atoms with E-state index in [0.29, 0.717) is 28.9 Å². The highest BCUT2D eigenvalue weighted by atomic mass is 35.5. The van der Waals surface area contributed by atoms with Crippen LogP contribution in [0.1, 0.15) is 18.1 Å². The first-order chi connectivity index (χ1) is 13.0. The fourth-order valence-corrected chi connectivity index (χ4v) is 2.94. The zero-order valence-corrected chi connectivity index (χ0v) is 16.2. The minimum atomic E-state index is -0.678. The van der Waals surface area contributed by atoms with Crippen molar-refractivity contribution in [2.75, 3.05) is 0 Å². The van der Waals surface area contributed by atoms with Crippen LogP contribution in [0.3, 0.4) is 0 Å². The number of carbonyl (C=O) groups is 1. The molecule has 1 N–H and O–H groups in total. The third kappa shape index (κ3) is 5.49. The molecule has 3 rings (SSSR count). The molecule has 3 aromatic rings. The molecule has 27 heavy (non-hydrogen) atoms. The van der Waals surface area contributed by atoms with Gasteiger partial charge in [0.25, 0.3) is 5.91 Å². The predicted octanol–water partition coefficient (Wildman–Crippen LogP) is 4.32. The van der Waals surface area contributed by atoms with Crippen LogP contribution >= 0.6 is 23.2 Å². The third-order valence-corrected chi connectivity index (χ3v) is 4.49. The van der Waals surface area contributed by atoms with E-state index in [-0.39, 0.29) is 5.91 Å². The van der Waals surface area contributed by atoms with Crippen molar-refractivity contribution < 1.29 is 9.53 Å². The van der Waals surface area contributed by atoms with E-state index >= 15 is 0 Å². The lowest BCUT2D eigenvalue weighted by atomic mass is 10.1. The van der Waals surface area contributed by atoms with Crippen molar-refractivity contribution in [1.82, 2.24) is 15.1 Å². The third-order valence-electron chi connectivity index (χ3n) is 3.96. The number of halogens is 2. The first-order valence-corrected chi connectivity index (χ1v) is 9.21. The molecule has 1 amide bonds. The van der Waals surface area contributed by atoms with E-state index in [2.05, 4.69) is 10.4 Å². The molecule has 0 unspecified atom stereocenters. The fourth-order valence-electron chi connectivity index (χ4n) is 2.49. The minimum Gasteiger partial charge on any atom is -0.479 e. The van der Waals surface area contributed by atoms with Gasteiger partial charge in [0.1, 0.15) is 5.75 Å². The molecule has 0 spiro atoms. The first-order valence-electron chi connectivity index (χ1n) is 8.46. The van der Waals surface area contributed by atoms with Crippen LogP contribution in [0.5, 0.6) is 5.75 Å². The highest BCUT2D eigenvalue weighted by Crippen LogP contribution is 2.28. The molecule has 0 radical (unpaired) electrons. The SMILES string of the molecule is C[C@@H](Oc1ccc(Cl)cc1Cl)C(=O)NCc1ccc(Cn2cccn2)cc1. The van der Waals surface area contributed by atoms with Crippen molar-refractivity contribution in [2.24, 2.45) is 0 Å². The Morgan fingerprint density at radius 3 is 2.59 bits per heavy atom. The lowest BCUT2D eigenvalue weighted by Gasteiger charge is -2.16. The lowest BCUT2D eigenvalue weighted by Crippen LogP contribution is -2.35. The van der Waals surface area contributed by atoms with Gasteiger partial charge >= 0.3 is 0 Å². The van der Waals surface area contributed by atoms with Crippen molar-refractivity contribution in [3.63, 3.8) is 0 Å². The van der Waals surface area contributed by atoms with E-state index in [4.69, 9.17) is 27.9 Å². The average Bonchev–Trinajstić information content (AvgIpc) is 3.16. The van der Waals surface area contributed by atoms with Crippen LogP contribution in [0.4, 0.5) is 0 Å². The molecule has 7 heteroatoms. The molecule has 2 aromatic carbocycles. The quantitative estimate of drug-likeness (QED) is 0.638. The number of ether oxygens (including phenoxy) is 1. The second kappa shape index (κ2) is 8.93. The minimum absolute atomic E-state index is 0.221. The van der Waals surface area contributed by atoms with Gasteiger partial charge in [-0.2, -0.15) is 5.10 Å². The molecule has 0 aliphatic rings. The summed E-state index contributed by atoms with van der Waals surface area (Å²) in [6.07, 6.45) is 3.00. The van der Waals surface area contributed by atoms with Crippen molar-refractivity contribution in [3.8, 4) is 5.75 Å². The van der Waals surface area contributed by atoms with Crippen molar-refractivity contribution in [3.05, 3.63) is 82.1 Å². The number of rotatable bonds is 7. The van der Waals surface area contributed by atoms with Crippen LogP contribution in [0.2, 0.25) is 10.0 Å². The Kier molecular flexibility index (Phi) is 6.37. The number of nitrogens with one attached hydrogen (secondary N) is 1. The summed E-state index contributed by atoms with van der Waals surface area (Å²) in [5.74, 6) is 0.202. The number of hydrogen-bond donors (Lipinski definition) is 1. The molecule has 0 aliphatic heterocycles. The summed E-state index contributed by atoms with van der Waals surface area (Å²) in [6, 6.07) is 14.8. The van der Waals surface area contributed by atoms with Crippen molar-refractivity contribution >= 4 is 29.1 Å². The molecule has 0 saturated carbocycles. The van der Waals surface area contributed by atoms with Gasteiger partial charge in [-0.05, 0) is 42.3 Å². The van der Waals surface area contributed by atoms with E-state index in [0.717, 1.165) is 11.1 Å². The Labute approximate surface area is 167 Å². The van der Waals surface area contributed by atoms with E-state index < -0.39 is 6.10 Å². The zero-order valence-electron chi connectivity index (χ0n) is 14.7. The Morgan fingerprint density at radius 2 is 1.93 bits per heavy atom. The summed E-state index contributed by atoms with van der Waals surface area (Å²) in [5.41, 5.74) is 2.15. The number of nitrogens with zero attached hydrogens (tertiary/aromatic N) is 2. The van der Waals surface area contributed by atoms with Crippen LogP contribution in [-0.2, 0) is 17.9 Å². The number of aromatic nitrogens is 2. The van der Waals surface area contributed by atoms with Gasteiger partial charge < -0.3 is 10.1 Å². The maximum absolute atomic E-state index is 12.3. The number of benzene rings is 2. The molecular formula is C20H19Cl2N3O2. The maximum atomic E-state index is 12.3. The van der Waals surface area contributed by atoms with Gasteiger partial charge in [-0.25, -0.2) is 0 Å². The predicted molar refractivity (Wildman–Crippen MR) is 106 cm³/mol. The fraction of sp³-hybridized carbons (Fsp3) is 0.200. The zero-order chi connectivity index (χ0) is 19.2. The first kappa shape index (κ1) is 19.3. The van der Waals surface area contributed by atoms with Gasteiger partial charge in [0.05, 0.1) is 11.6 Å². The Balaban J connectivity index is 1.50. The van der Waals surface area contributed by atoms with Gasteiger partial charge in [0.2, 0.25) is 0 Å². The Bertz CT molecular complexity index is 896. The number of amides is 1. The highest BCUT2D eigenvalue weighted by Gasteiger charge is 2.16. The molecule has 1 aromatic heterocycles. The van der Waals surface area contributed by atoms with Crippen molar-refractivity contribution in [1.29, 1.82) is 0 Å². The average molecular weight is 404 g/mol. The molecular weight excluding hydrogens is 385 g/mol. The second-order valence-electron chi connectivity index (χ2n) is 6.07. The van der Waals surface area contributed by atoms with Gasteiger partial charge in [-0.1, -0.05) is 47.5 Å². The molecule has 1 atom stereocenters. The summed E-state index contributed by atoms with van der Waals surface area (Å²) in [4.78, 5) is 12.3. The van der Waals surface area contributed by atoms with Gasteiger partial charge in [-0.15, -0.1) is 0 Å². The standard InChI is InChI=1S/C20H19Cl2N3O2/c1-14(27-19-8-7-17(21)11-18(19)22)20(26)23-12-15-3-5-16(6-4-15)13-25-10-2-9-24-25/h2-11,14H,12-13H2,1H3,(H,23,26)/t14-/m1/s1. The van der Waals surface area contributed by atoms with Crippen LogP contribution in [0.25, 0.3) is 0 Å².